The first-order valence-corrected chi connectivity index (χ1v) is 46.4. The molecule has 9 aromatic heterocycles. The molecule has 3 fully saturated rings. The van der Waals surface area contributed by atoms with E-state index >= 15 is 4.39 Å². The predicted octanol–water partition coefficient (Wildman–Crippen LogP) is 17.5. The van der Waals surface area contributed by atoms with E-state index in [0.717, 1.165) is 84.1 Å². The lowest BCUT2D eigenvalue weighted by Gasteiger charge is -2.37. The van der Waals surface area contributed by atoms with Crippen LogP contribution >= 0.6 is 38.6 Å². The summed E-state index contributed by atoms with van der Waals surface area (Å²) in [5.41, 5.74) is 12.0. The standard InChI is InChI=1S/C30H35FN6O5.C28H38ClFN4O4Si.C20H19FN6O2.C14H23BN2O3.2H2S/c1-30(2,3)42-29(39)34-22(19-38)18-36-14-12-25(35-36)20-7-9-23(10-8-20)41-28-24(31)16-21(17-32-28)26-11-13-33-37(26)27-6-4-5-15-40-27;1-27(2,3)38-26(35)32-21(18-36-39(7,8)28(4,5)6)17-34-14-13-24(33-34)19-9-11-22(12-10-19)37-25-23(30)15-20(29)16-31-25;21-17-9-14(18-5-7-24-25-18)10-23-20(17)29-16-3-1-13(2-4-16)19-6-8-27(26-19)11-15(22)12-28;1-13(2)14(3,4)20-15(19-13)11-8-9-16-17(11)12-7-5-6-10-18-12;;/h7-14,16-17,22,27,38H,4-6,15,18-19H2,1-3H3,(H,34,39);9-16,21H,17-18H2,1-8H3,(H,32,35);1-10,15,28H,11-12,22H2,(H,24,25);8-9,12H,5-7,10H2,1-4H3;2*1H2/t22-,27?;21-;15-;;;/m000.../s1. The summed E-state index contributed by atoms with van der Waals surface area (Å²) in [5.74, 6) is -0.901. The Morgan fingerprint density at radius 3 is 1.42 bits per heavy atom. The molecule has 2 unspecified atom stereocenters. The topological polar surface area (TPSA) is 373 Å². The summed E-state index contributed by atoms with van der Waals surface area (Å²) in [6.45, 7) is 32.4. The molecule has 12 aromatic rings. The van der Waals surface area contributed by atoms with Gasteiger partial charge in [-0.05, 0) is 253 Å². The van der Waals surface area contributed by atoms with E-state index in [0.29, 0.717) is 66.1 Å². The maximum atomic E-state index is 15.0. The number of aromatic amines is 1. The van der Waals surface area contributed by atoms with E-state index < -0.39 is 55.2 Å². The number of H-pyrrole nitrogens is 1. The molecule has 3 saturated heterocycles. The molecule has 3 aromatic carbocycles. The van der Waals surface area contributed by atoms with Crippen molar-refractivity contribution in [1.82, 2.24) is 84.7 Å². The SMILES string of the molecule is CC(C)(C)OC(=O)N[C@H](CO)Cn1ccc(-c2ccc(Oc3ncc(-c4ccnn4C4CCCCO4)cc3F)cc2)n1.CC(C)(C)OC(=O)N[C@H](CO[Si](C)(C)C(C)(C)C)Cn1ccc(-c2ccc(Oc3ncc(Cl)cc3F)cc2)n1.CC1(C)OB(c2ccnn2C2CCCCO2)OC1(C)C.N[C@H](CO)Cn1ccc(-c2ccc(Oc3ncc(-c4ccn[nH]4)cc3F)cc2)n1.S.S. The number of nitrogens with two attached hydrogens (primary N) is 1. The molecule has 0 saturated carbocycles. The van der Waals surface area contributed by atoms with Crippen LogP contribution in [-0.2, 0) is 52.3 Å². The summed E-state index contributed by atoms with van der Waals surface area (Å²) in [7, 11) is -2.42. The summed E-state index contributed by atoms with van der Waals surface area (Å²) < 4.78 is 110. The van der Waals surface area contributed by atoms with Gasteiger partial charge in [0.05, 0.1) is 102 Å². The predicted molar refractivity (Wildman–Crippen MR) is 508 cm³/mol. The molecule has 0 radical (unpaired) electrons. The summed E-state index contributed by atoms with van der Waals surface area (Å²) in [5, 5.41) is 53.6. The van der Waals surface area contributed by atoms with E-state index in [1.54, 1.807) is 131 Å². The van der Waals surface area contributed by atoms with Crippen molar-refractivity contribution in [3.8, 4) is 91.2 Å². The second-order valence-corrected chi connectivity index (χ2v) is 41.3. The molecule has 12 heterocycles. The molecule has 40 heteroatoms. The lowest BCUT2D eigenvalue weighted by Crippen LogP contribution is -2.48. The van der Waals surface area contributed by atoms with E-state index in [2.05, 4.69) is 123 Å². The first-order valence-electron chi connectivity index (χ1n) is 43.1. The Labute approximate surface area is 786 Å². The van der Waals surface area contributed by atoms with Gasteiger partial charge in [-0.15, -0.1) is 0 Å². The molecule has 0 bridgehead atoms. The van der Waals surface area contributed by atoms with E-state index in [-0.39, 0.29) is 117 Å². The number of amides is 2. The van der Waals surface area contributed by atoms with Crippen LogP contribution in [0.25, 0.3) is 56.3 Å². The van der Waals surface area contributed by atoms with E-state index in [4.69, 9.17) is 69.3 Å². The number of benzene rings is 3. The first kappa shape index (κ1) is 103. The maximum Gasteiger partial charge on any atom is 0.514 e. The lowest BCUT2D eigenvalue weighted by molar-refractivity contribution is -0.0384. The molecule has 15 rings (SSSR count). The Kier molecular flexibility index (Phi) is 35.7. The highest BCUT2D eigenvalue weighted by Gasteiger charge is 2.53. The van der Waals surface area contributed by atoms with Crippen LogP contribution in [-0.4, -0.2) is 185 Å². The molecular formula is C92H119BClF3N18O14S2Si. The maximum absolute atomic E-state index is 15.0. The number of rotatable bonds is 27. The highest BCUT2D eigenvalue weighted by molar-refractivity contribution is 7.59. The zero-order chi connectivity index (χ0) is 93.3. The molecule has 0 spiro atoms. The number of halogens is 4. The van der Waals surface area contributed by atoms with Crippen molar-refractivity contribution in [3.63, 3.8) is 0 Å². The molecule has 32 nitrogen and oxygen atoms in total. The number of carbonyl (C=O) groups is 2. The van der Waals surface area contributed by atoms with Gasteiger partial charge in [-0.1, -0.05) is 32.4 Å². The second-order valence-electron chi connectivity index (χ2n) is 36.1. The molecule has 5 atom stereocenters. The summed E-state index contributed by atoms with van der Waals surface area (Å²) >= 11 is 5.75. The Hall–Kier alpha value is -10.9. The highest BCUT2D eigenvalue weighted by atomic mass is 35.5. The summed E-state index contributed by atoms with van der Waals surface area (Å²) in [6, 6.07) is 34.9. The third-order valence-corrected chi connectivity index (χ3v) is 26.5. The highest BCUT2D eigenvalue weighted by Crippen LogP contribution is 2.40. The number of pyridine rings is 3. The van der Waals surface area contributed by atoms with Crippen LogP contribution in [0.5, 0.6) is 34.9 Å². The third-order valence-electron chi connectivity index (χ3n) is 21.8. The number of aromatic nitrogens is 15. The minimum atomic E-state index is -2.04. The van der Waals surface area contributed by atoms with Gasteiger partial charge in [0.25, 0.3) is 17.6 Å². The van der Waals surface area contributed by atoms with Gasteiger partial charge in [-0.2, -0.15) is 57.6 Å². The molecule has 3 aliphatic rings. The average molecular weight is 1900 g/mol. The van der Waals surface area contributed by atoms with Crippen molar-refractivity contribution >= 4 is 71.8 Å². The number of alkyl carbamates (subject to hydrolysis) is 2. The summed E-state index contributed by atoms with van der Waals surface area (Å²) in [6.07, 6.45) is 19.8. The normalized spacial score (nSPS) is 16.1. The van der Waals surface area contributed by atoms with Gasteiger partial charge in [0.15, 0.2) is 32.0 Å². The van der Waals surface area contributed by atoms with Crippen molar-refractivity contribution in [2.75, 3.05) is 33.0 Å². The zero-order valence-corrected chi connectivity index (χ0v) is 80.6. The number of carbonyl (C=O) groups excluding carboxylic acids is 2. The van der Waals surface area contributed by atoms with Crippen molar-refractivity contribution < 1.29 is 79.9 Å². The van der Waals surface area contributed by atoms with Crippen molar-refractivity contribution in [3.05, 3.63) is 206 Å². The molecule has 7 N–H and O–H groups in total. The third kappa shape index (κ3) is 28.8. The van der Waals surface area contributed by atoms with Gasteiger partial charge in [-0.3, -0.25) is 19.1 Å². The monoisotopic (exact) mass is 1890 g/mol. The number of aliphatic hydroxyl groups is 2. The minimum Gasteiger partial charge on any atom is -0.444 e. The molecule has 132 heavy (non-hydrogen) atoms. The molecule has 2 amide bonds. The van der Waals surface area contributed by atoms with Crippen LogP contribution in [0.1, 0.15) is 141 Å². The van der Waals surface area contributed by atoms with Crippen LogP contribution in [0.2, 0.25) is 23.2 Å². The lowest BCUT2D eigenvalue weighted by atomic mass is 9.84. The van der Waals surface area contributed by atoms with Crippen molar-refractivity contribution in [2.24, 2.45) is 5.73 Å². The van der Waals surface area contributed by atoms with E-state index in [9.17, 15) is 23.5 Å². The quantitative estimate of drug-likeness (QED) is 0.0260. The Bertz CT molecular complexity index is 5650. The fraction of sp³-hybridized carbons (Fsp3) is 0.424. The van der Waals surface area contributed by atoms with E-state index in [1.807, 2.05) is 86.2 Å². The van der Waals surface area contributed by atoms with Gasteiger partial charge in [0, 0.05) is 103 Å². The zero-order valence-electron chi connectivity index (χ0n) is 76.8. The van der Waals surface area contributed by atoms with Gasteiger partial charge in [-0.25, -0.2) is 47.1 Å². The fourth-order valence-corrected chi connectivity index (χ4v) is 14.5. The second kappa shape index (κ2) is 45.7. The van der Waals surface area contributed by atoms with Crippen LogP contribution in [0.15, 0.2) is 183 Å². The number of ether oxygens (including phenoxy) is 7. The first-order chi connectivity index (χ1) is 61.7. The molecular weight excluding hydrogens is 1780 g/mol. The number of hydrogen-bond acceptors (Lipinski definition) is 24. The minimum absolute atomic E-state index is 0. The largest absolute Gasteiger partial charge is 0.514 e. The smallest absolute Gasteiger partial charge is 0.444 e. The number of nitrogens with one attached hydrogen (secondary N) is 3. The summed E-state index contributed by atoms with van der Waals surface area (Å²) in [4.78, 5) is 36.8. The Balaban J connectivity index is 0.000000187. The number of aliphatic hydroxyl groups excluding tert-OH is 2. The number of nitrogens with zero attached hydrogens (tertiary/aromatic N) is 14. The van der Waals surface area contributed by atoms with Crippen molar-refractivity contribution in [1.29, 1.82) is 0 Å². The Morgan fingerprint density at radius 1 is 0.561 bits per heavy atom. The van der Waals surface area contributed by atoms with Crippen LogP contribution in [0.4, 0.5) is 22.8 Å². The van der Waals surface area contributed by atoms with Gasteiger partial charge in [0.1, 0.15) is 34.7 Å². The number of hydrogen-bond donors (Lipinski definition) is 6. The van der Waals surface area contributed by atoms with Crippen LogP contribution in [0, 0.1) is 17.5 Å². The van der Waals surface area contributed by atoms with Gasteiger partial charge < -0.3 is 73.5 Å². The molecule has 3 aliphatic heterocycles. The molecule has 0 aliphatic carbocycles. The van der Waals surface area contributed by atoms with E-state index in [1.165, 1.54) is 30.9 Å². The van der Waals surface area contributed by atoms with Crippen molar-refractivity contribution in [2.45, 2.75) is 219 Å². The Morgan fingerprint density at radius 2 is 0.992 bits per heavy atom. The van der Waals surface area contributed by atoms with Crippen LogP contribution < -0.4 is 36.2 Å². The average Bonchev–Trinajstić information content (AvgIpc) is 1.61. The fourth-order valence-electron chi connectivity index (χ4n) is 13.3. The van der Waals surface area contributed by atoms with Crippen LogP contribution in [0.3, 0.4) is 0 Å². The molecule has 708 valence electrons. The van der Waals surface area contributed by atoms with Gasteiger partial charge in [0.2, 0.25) is 0 Å². The van der Waals surface area contributed by atoms with Gasteiger partial charge >= 0.3 is 19.3 Å².